The Morgan fingerprint density at radius 3 is 1.82 bits per heavy atom. The highest BCUT2D eigenvalue weighted by Crippen LogP contribution is 2.45. The zero-order valence-corrected chi connectivity index (χ0v) is 64.6. The number of hydrogen-bond donors (Lipinski definition) is 3. The van der Waals surface area contributed by atoms with Crippen LogP contribution in [-0.2, 0) is 62.3 Å². The van der Waals surface area contributed by atoms with Gasteiger partial charge in [-0.05, 0) is 152 Å². The highest BCUT2D eigenvalue weighted by Gasteiger charge is 2.54. The third-order valence-corrected chi connectivity index (χ3v) is 24.2. The molecule has 32 heteroatoms. The molecule has 0 bridgehead atoms. The SMILES string of the molecule is CCC[C@H]1C(=O)N[C@@H]([C@@H](C)CC)C(=O)N(CCC)CC(=O)N(C)CC(=O)N(CCC)[C@@H](CC2CCC(C(F)(F)F)CC2)C(=O)N(C)CC(=O)N[C@@H](CCC2CCC(C(F)(F)F)C(Cl)C2)C(=O)N2CCC[C@H]2C(=O)NC2(CCC2)C(=O)N(C)[C@@H](C2CCCC2)C(=O)N(C)[C@H](C(=O)N2CCOCC2)CC(=O)N1C. The van der Waals surface area contributed by atoms with Crippen LogP contribution < -0.4 is 16.0 Å². The second-order valence-corrected chi connectivity index (χ2v) is 31.7. The molecule has 25 nitrogen and oxygen atoms in total. The molecule has 11 atom stereocenters. The summed E-state index contributed by atoms with van der Waals surface area (Å²) in [5.41, 5.74) is -1.58. The molecule has 3 heterocycles. The van der Waals surface area contributed by atoms with Crippen LogP contribution in [0.5, 0.6) is 0 Å². The molecule has 12 amide bonds. The van der Waals surface area contributed by atoms with Crippen molar-refractivity contribution < 1.29 is 88.6 Å². The first-order valence-corrected chi connectivity index (χ1v) is 39.2. The van der Waals surface area contributed by atoms with E-state index >= 15 is 33.6 Å². The molecule has 1 spiro atoms. The predicted molar refractivity (Wildman–Crippen MR) is 381 cm³/mol. The number of alkyl halides is 7. The lowest BCUT2D eigenvalue weighted by molar-refractivity contribution is -0.184. The Morgan fingerprint density at radius 2 is 1.25 bits per heavy atom. The van der Waals surface area contributed by atoms with Crippen molar-refractivity contribution in [3.63, 3.8) is 0 Å². The standard InChI is InChI=1S/C74H117ClF6N12O13/c1-11-19-54-64(98)83-62(46(5)14-4)69(103)91(33-12-2)45-60(96)85(6)44-61(97)92(34-13-3)57(41-48-23-27-50(28-24-48)73(76,77)78)67(101)86(7)43-58(94)82-53(30-26-47-25-29-51(52(75)40-47)74(79,80)81)66(100)93-35-17-22-55(93)65(99)84-72(31-18-32-72)71(105)89(10)63(49-20-15-16-21-49)70(104)88(9)56(42-59(95)87(54)8)68(102)90-36-38-106-39-37-90/h46-57,62-63H,11-45H2,1-10H3,(H,82,94)(H,83,98)(H,84,99)/t46-,47?,48?,50?,51?,52?,53-,54-,55-,56-,57-,62-,63-/m0/s1. The van der Waals surface area contributed by atoms with Crippen LogP contribution in [0.3, 0.4) is 0 Å². The minimum absolute atomic E-state index is 0.00508. The molecule has 600 valence electrons. The predicted octanol–water partition coefficient (Wildman–Crippen LogP) is 6.65. The number of carbonyl (C=O) groups is 12. The van der Waals surface area contributed by atoms with Gasteiger partial charge in [-0.25, -0.2) is 0 Å². The summed E-state index contributed by atoms with van der Waals surface area (Å²) in [5.74, 6) is -13.7. The monoisotopic (exact) mass is 1530 g/mol. The van der Waals surface area contributed by atoms with Crippen LogP contribution in [0.1, 0.15) is 195 Å². The highest BCUT2D eigenvalue weighted by molar-refractivity contribution is 6.21. The minimum atomic E-state index is -4.55. The van der Waals surface area contributed by atoms with Gasteiger partial charge in [0.25, 0.3) is 0 Å². The molecule has 7 fully saturated rings. The molecule has 4 saturated carbocycles. The van der Waals surface area contributed by atoms with Gasteiger partial charge in [0.05, 0.1) is 51.1 Å². The quantitative estimate of drug-likeness (QED) is 0.115. The first-order chi connectivity index (χ1) is 50.0. The van der Waals surface area contributed by atoms with Crippen LogP contribution >= 0.6 is 11.6 Å². The summed E-state index contributed by atoms with van der Waals surface area (Å²) in [5, 5.41) is 7.38. The number of ether oxygens (including phenoxy) is 1. The van der Waals surface area contributed by atoms with Crippen molar-refractivity contribution in [1.82, 2.24) is 60.0 Å². The van der Waals surface area contributed by atoms with E-state index in [2.05, 4.69) is 16.0 Å². The van der Waals surface area contributed by atoms with Crippen molar-refractivity contribution in [1.29, 1.82) is 0 Å². The first-order valence-electron chi connectivity index (χ1n) is 38.7. The van der Waals surface area contributed by atoms with Crippen LogP contribution in [0.4, 0.5) is 26.3 Å². The van der Waals surface area contributed by atoms with Crippen molar-refractivity contribution in [2.45, 2.75) is 261 Å². The van der Waals surface area contributed by atoms with Crippen LogP contribution in [0.15, 0.2) is 0 Å². The van der Waals surface area contributed by atoms with Gasteiger partial charge in [0.1, 0.15) is 47.8 Å². The van der Waals surface area contributed by atoms with E-state index in [0.29, 0.717) is 57.8 Å². The van der Waals surface area contributed by atoms with Crippen molar-refractivity contribution >= 4 is 82.5 Å². The molecular weight excluding hydrogens is 1410 g/mol. The van der Waals surface area contributed by atoms with Gasteiger partial charge in [0.2, 0.25) is 70.9 Å². The van der Waals surface area contributed by atoms with E-state index in [1.165, 1.54) is 69.5 Å². The van der Waals surface area contributed by atoms with Gasteiger partial charge in [0, 0.05) is 73.3 Å². The lowest BCUT2D eigenvalue weighted by Gasteiger charge is -2.47. The van der Waals surface area contributed by atoms with Gasteiger partial charge >= 0.3 is 12.4 Å². The van der Waals surface area contributed by atoms with Crippen molar-refractivity contribution in [3.05, 3.63) is 0 Å². The number of morpholine rings is 1. The molecule has 3 aliphatic heterocycles. The molecule has 0 aromatic rings. The maximum absolute atomic E-state index is 15.6. The normalized spacial score (nSPS) is 30.2. The van der Waals surface area contributed by atoms with Crippen LogP contribution in [-0.4, -0.2) is 281 Å². The molecular formula is C74H117ClF6N12O13. The lowest BCUT2D eigenvalue weighted by atomic mass is 9.74. The molecule has 0 aromatic carbocycles. The molecule has 3 N–H and O–H groups in total. The Morgan fingerprint density at radius 1 is 0.604 bits per heavy atom. The largest absolute Gasteiger partial charge is 0.393 e. The zero-order valence-electron chi connectivity index (χ0n) is 63.8. The summed E-state index contributed by atoms with van der Waals surface area (Å²) in [6.45, 7) is 7.45. The van der Waals surface area contributed by atoms with E-state index in [4.69, 9.17) is 16.3 Å². The fourth-order valence-corrected chi connectivity index (χ4v) is 17.4. The van der Waals surface area contributed by atoms with E-state index in [9.17, 15) is 50.3 Å². The van der Waals surface area contributed by atoms with Crippen LogP contribution in [0.25, 0.3) is 0 Å². The number of nitrogens with one attached hydrogen (secondary N) is 3. The lowest BCUT2D eigenvalue weighted by Crippen LogP contribution is -2.68. The number of likely N-dealkylation sites (N-methyl/N-ethyl adjacent to an activating group) is 5. The fraction of sp³-hybridized carbons (Fsp3) is 0.838. The van der Waals surface area contributed by atoms with E-state index in [1.54, 1.807) is 27.7 Å². The molecule has 3 saturated heterocycles. The number of hydrogen-bond acceptors (Lipinski definition) is 13. The molecule has 7 aliphatic rings. The second kappa shape index (κ2) is 38.7. The average Bonchev–Trinajstić information content (AvgIpc) is 1.15. The number of rotatable bonds is 15. The average molecular weight is 1530 g/mol. The van der Waals surface area contributed by atoms with E-state index in [0.717, 1.165) is 9.80 Å². The Balaban J connectivity index is 1.29. The first kappa shape index (κ1) is 86.7. The molecule has 0 radical (unpaired) electrons. The Hall–Kier alpha value is -6.53. The molecule has 7 rings (SSSR count). The third-order valence-electron chi connectivity index (χ3n) is 23.7. The Bertz CT molecular complexity index is 3080. The number of nitrogens with zero attached hydrogens (tertiary/aromatic N) is 9. The van der Waals surface area contributed by atoms with Gasteiger partial charge in [-0.15, -0.1) is 11.6 Å². The number of amides is 12. The summed E-state index contributed by atoms with van der Waals surface area (Å²) in [6.07, 6.45) is -5.35. The molecule has 0 aromatic heterocycles. The number of halogens is 7. The molecule has 3 unspecified atom stereocenters. The van der Waals surface area contributed by atoms with Gasteiger partial charge in [0.15, 0.2) is 0 Å². The summed E-state index contributed by atoms with van der Waals surface area (Å²) in [4.78, 5) is 192. The van der Waals surface area contributed by atoms with Crippen molar-refractivity contribution in [2.75, 3.05) is 101 Å². The molecule has 106 heavy (non-hydrogen) atoms. The summed E-state index contributed by atoms with van der Waals surface area (Å²) >= 11 is 6.40. The van der Waals surface area contributed by atoms with Crippen molar-refractivity contribution in [2.24, 2.45) is 35.5 Å². The van der Waals surface area contributed by atoms with Gasteiger partial charge < -0.3 is 64.8 Å². The van der Waals surface area contributed by atoms with Gasteiger partial charge in [-0.1, -0.05) is 60.3 Å². The van der Waals surface area contributed by atoms with Crippen molar-refractivity contribution in [3.8, 4) is 0 Å². The zero-order chi connectivity index (χ0) is 78.3. The summed E-state index contributed by atoms with van der Waals surface area (Å²) in [7, 11) is 6.89. The van der Waals surface area contributed by atoms with Gasteiger partial charge in [-0.2, -0.15) is 26.3 Å². The third kappa shape index (κ3) is 21.7. The highest BCUT2D eigenvalue weighted by atomic mass is 35.5. The maximum atomic E-state index is 15.6. The smallest absolute Gasteiger partial charge is 0.378 e. The Labute approximate surface area is 625 Å². The van der Waals surface area contributed by atoms with Gasteiger partial charge in [-0.3, -0.25) is 57.5 Å². The Kier molecular flexibility index (Phi) is 31.7. The topological polar surface area (TPSA) is 279 Å². The second-order valence-electron chi connectivity index (χ2n) is 31.2. The van der Waals surface area contributed by atoms with E-state index in [-0.39, 0.29) is 142 Å². The fourth-order valence-electron chi connectivity index (χ4n) is 16.9. The van der Waals surface area contributed by atoms with E-state index < -0.39 is 198 Å². The number of fused-ring (bicyclic) bond motifs is 1. The maximum Gasteiger partial charge on any atom is 0.393 e. The minimum Gasteiger partial charge on any atom is -0.378 e. The van der Waals surface area contributed by atoms with Crippen LogP contribution in [0, 0.1) is 35.5 Å². The molecule has 4 aliphatic carbocycles. The van der Waals surface area contributed by atoms with E-state index in [1.807, 2.05) is 6.92 Å². The number of carbonyl (C=O) groups excluding carboxylic acids is 12. The summed E-state index contributed by atoms with van der Waals surface area (Å²) < 4.78 is 89.9. The van der Waals surface area contributed by atoms with Crippen LogP contribution in [0.2, 0.25) is 0 Å². The summed E-state index contributed by atoms with van der Waals surface area (Å²) in [6, 6.07) is -9.21.